The number of oxazole rings is 1. The number of hydrogen-bond donors (Lipinski definition) is 3. The van der Waals surface area contributed by atoms with E-state index in [2.05, 4.69) is 56.9 Å². The molecule has 7 nitrogen and oxygen atoms in total. The van der Waals surface area contributed by atoms with E-state index >= 15 is 0 Å². The molecule has 7 heteroatoms. The summed E-state index contributed by atoms with van der Waals surface area (Å²) in [5.74, 6) is 0.771. The number of aromatic nitrogens is 1. The second-order valence-corrected chi connectivity index (χ2v) is 9.91. The molecule has 3 N–H and O–H groups in total. The summed E-state index contributed by atoms with van der Waals surface area (Å²) in [7, 11) is 0. The second-order valence-electron chi connectivity index (χ2n) is 9.91. The highest BCUT2D eigenvalue weighted by Crippen LogP contribution is 2.33. The molecule has 184 valence electrons. The predicted octanol–water partition coefficient (Wildman–Crippen LogP) is 5.09. The molecular formula is C28H34N4O3. The molecule has 0 radical (unpaired) electrons. The monoisotopic (exact) mass is 474 g/mol. The molecule has 2 aliphatic rings. The van der Waals surface area contributed by atoms with Gasteiger partial charge in [-0.25, -0.2) is 9.78 Å². The molecule has 2 fully saturated rings. The van der Waals surface area contributed by atoms with E-state index in [0.717, 1.165) is 62.9 Å². The van der Waals surface area contributed by atoms with Gasteiger partial charge in [0, 0.05) is 36.4 Å². The zero-order chi connectivity index (χ0) is 24.1. The Morgan fingerprint density at radius 1 is 1.09 bits per heavy atom. The molecule has 1 amide bonds. The Kier molecular flexibility index (Phi) is 7.04. The fraction of sp³-hybridized carbons (Fsp3) is 0.429. The Morgan fingerprint density at radius 2 is 1.91 bits per heavy atom. The van der Waals surface area contributed by atoms with Crippen molar-refractivity contribution in [2.75, 3.05) is 18.0 Å². The fourth-order valence-electron chi connectivity index (χ4n) is 5.89. The highest BCUT2D eigenvalue weighted by molar-refractivity contribution is 5.66. The largest absolute Gasteiger partial charge is 0.465 e. The fourth-order valence-corrected chi connectivity index (χ4v) is 5.89. The van der Waals surface area contributed by atoms with Gasteiger partial charge in [0.2, 0.25) is 0 Å². The maximum Gasteiger partial charge on any atom is 0.405 e. The van der Waals surface area contributed by atoms with E-state index in [0.29, 0.717) is 12.5 Å². The van der Waals surface area contributed by atoms with Gasteiger partial charge in [-0.1, -0.05) is 43.2 Å². The second kappa shape index (κ2) is 10.5. The Balaban J connectivity index is 1.30. The molecule has 1 saturated heterocycles. The average molecular weight is 475 g/mol. The van der Waals surface area contributed by atoms with Crippen molar-refractivity contribution in [1.82, 2.24) is 15.6 Å². The SMILES string of the molecule is O=C(O)NC1(Cc2ccccc2)CCCCC1NC1CCCN(c2ccc(-c3cnco3)cc2)C1. The zero-order valence-electron chi connectivity index (χ0n) is 20.0. The summed E-state index contributed by atoms with van der Waals surface area (Å²) < 4.78 is 5.41. The minimum atomic E-state index is -0.938. The van der Waals surface area contributed by atoms with Crippen LogP contribution in [0.15, 0.2) is 71.6 Å². The summed E-state index contributed by atoms with van der Waals surface area (Å²) in [6.07, 6.45) is 9.14. The van der Waals surface area contributed by atoms with Crippen molar-refractivity contribution in [2.45, 2.75) is 62.6 Å². The lowest BCUT2D eigenvalue weighted by atomic mass is 9.73. The Morgan fingerprint density at radius 3 is 2.66 bits per heavy atom. The van der Waals surface area contributed by atoms with E-state index in [1.807, 2.05) is 18.2 Å². The van der Waals surface area contributed by atoms with Crippen LogP contribution in [0.1, 0.15) is 44.1 Å². The van der Waals surface area contributed by atoms with Crippen LogP contribution in [-0.2, 0) is 6.42 Å². The number of carbonyl (C=O) groups is 1. The van der Waals surface area contributed by atoms with Crippen molar-refractivity contribution in [2.24, 2.45) is 0 Å². The first-order chi connectivity index (χ1) is 17.1. The lowest BCUT2D eigenvalue weighted by Crippen LogP contribution is -2.66. The lowest BCUT2D eigenvalue weighted by Gasteiger charge is -2.47. The molecule has 1 saturated carbocycles. The number of piperidine rings is 1. The van der Waals surface area contributed by atoms with E-state index in [9.17, 15) is 9.90 Å². The van der Waals surface area contributed by atoms with Crippen LogP contribution < -0.4 is 15.5 Å². The molecule has 1 aliphatic carbocycles. The molecule has 0 spiro atoms. The molecule has 3 unspecified atom stereocenters. The number of benzene rings is 2. The minimum Gasteiger partial charge on any atom is -0.465 e. The highest BCUT2D eigenvalue weighted by atomic mass is 16.4. The first-order valence-corrected chi connectivity index (χ1v) is 12.7. The Hall–Kier alpha value is -3.32. The summed E-state index contributed by atoms with van der Waals surface area (Å²) in [6, 6.07) is 19.1. The van der Waals surface area contributed by atoms with Crippen LogP contribution >= 0.6 is 0 Å². The van der Waals surface area contributed by atoms with Crippen LogP contribution in [0.25, 0.3) is 11.3 Å². The molecule has 3 atom stereocenters. The molecule has 0 bridgehead atoms. The first kappa shape index (κ1) is 23.4. The summed E-state index contributed by atoms with van der Waals surface area (Å²) in [5, 5.41) is 16.6. The lowest BCUT2D eigenvalue weighted by molar-refractivity contribution is 0.130. The number of nitrogens with one attached hydrogen (secondary N) is 2. The first-order valence-electron chi connectivity index (χ1n) is 12.7. The van der Waals surface area contributed by atoms with Gasteiger partial charge in [-0.05, 0) is 61.9 Å². The van der Waals surface area contributed by atoms with Gasteiger partial charge >= 0.3 is 6.09 Å². The molecule has 1 aromatic heterocycles. The van der Waals surface area contributed by atoms with Gasteiger partial charge in [0.1, 0.15) is 0 Å². The number of anilines is 1. The average Bonchev–Trinajstić information content (AvgIpc) is 3.41. The van der Waals surface area contributed by atoms with E-state index in [-0.39, 0.29) is 6.04 Å². The van der Waals surface area contributed by atoms with Crippen LogP contribution in [0.4, 0.5) is 10.5 Å². The third kappa shape index (κ3) is 5.51. The maximum absolute atomic E-state index is 11.9. The van der Waals surface area contributed by atoms with Gasteiger partial charge in [0.25, 0.3) is 0 Å². The molecule has 3 aromatic rings. The summed E-state index contributed by atoms with van der Waals surface area (Å²) in [4.78, 5) is 18.3. The van der Waals surface area contributed by atoms with Crippen molar-refractivity contribution in [3.05, 3.63) is 72.8 Å². The van der Waals surface area contributed by atoms with E-state index in [4.69, 9.17) is 4.42 Å². The molecule has 2 heterocycles. The van der Waals surface area contributed by atoms with Gasteiger partial charge < -0.3 is 25.1 Å². The number of hydrogen-bond acceptors (Lipinski definition) is 5. The quantitative estimate of drug-likeness (QED) is 0.442. The smallest absolute Gasteiger partial charge is 0.405 e. The van der Waals surface area contributed by atoms with Crippen LogP contribution in [-0.4, -0.2) is 46.9 Å². The van der Waals surface area contributed by atoms with Crippen LogP contribution in [0, 0.1) is 0 Å². The third-order valence-corrected chi connectivity index (χ3v) is 7.56. The maximum atomic E-state index is 11.9. The highest BCUT2D eigenvalue weighted by Gasteiger charge is 2.43. The molecule has 5 rings (SSSR count). The summed E-state index contributed by atoms with van der Waals surface area (Å²) in [6.45, 7) is 1.93. The van der Waals surface area contributed by atoms with Crippen molar-refractivity contribution in [1.29, 1.82) is 0 Å². The van der Waals surface area contributed by atoms with Crippen LogP contribution in [0.3, 0.4) is 0 Å². The van der Waals surface area contributed by atoms with E-state index in [1.165, 1.54) is 17.6 Å². The topological polar surface area (TPSA) is 90.6 Å². The van der Waals surface area contributed by atoms with Gasteiger partial charge in [-0.15, -0.1) is 0 Å². The molecule has 1 aliphatic heterocycles. The number of nitrogens with zero attached hydrogens (tertiary/aromatic N) is 2. The zero-order valence-corrected chi connectivity index (χ0v) is 20.0. The van der Waals surface area contributed by atoms with Gasteiger partial charge in [0.05, 0.1) is 11.7 Å². The van der Waals surface area contributed by atoms with Crippen molar-refractivity contribution >= 4 is 11.8 Å². The number of rotatable bonds is 7. The predicted molar refractivity (Wildman–Crippen MR) is 137 cm³/mol. The van der Waals surface area contributed by atoms with Crippen LogP contribution in [0.2, 0.25) is 0 Å². The van der Waals surface area contributed by atoms with Gasteiger partial charge in [-0.3, -0.25) is 0 Å². The molecule has 2 aromatic carbocycles. The van der Waals surface area contributed by atoms with Gasteiger partial charge in [0.15, 0.2) is 12.2 Å². The molecule has 35 heavy (non-hydrogen) atoms. The van der Waals surface area contributed by atoms with Crippen LogP contribution in [0.5, 0.6) is 0 Å². The van der Waals surface area contributed by atoms with Crippen molar-refractivity contribution in [3.8, 4) is 11.3 Å². The van der Waals surface area contributed by atoms with Gasteiger partial charge in [-0.2, -0.15) is 0 Å². The molecular weight excluding hydrogens is 440 g/mol. The third-order valence-electron chi connectivity index (χ3n) is 7.56. The minimum absolute atomic E-state index is 0.103. The standard InChI is InChI=1S/C28H34N4O3/c33-27(34)31-28(17-21-7-2-1-3-8-21)15-5-4-10-26(28)30-23-9-6-16-32(19-23)24-13-11-22(12-14-24)25-18-29-20-35-25/h1-3,7-8,11-14,18,20,23,26,30-31H,4-6,9-10,15-17,19H2,(H,33,34). The normalized spacial score (nSPS) is 24.7. The summed E-state index contributed by atoms with van der Waals surface area (Å²) >= 11 is 0. The van der Waals surface area contributed by atoms with Crippen molar-refractivity contribution in [3.63, 3.8) is 0 Å². The van der Waals surface area contributed by atoms with E-state index in [1.54, 1.807) is 6.20 Å². The Bertz CT molecular complexity index is 1090. The van der Waals surface area contributed by atoms with E-state index < -0.39 is 11.6 Å². The number of amides is 1. The number of carboxylic acid groups (broad SMARTS) is 1. The Labute approximate surface area is 206 Å². The summed E-state index contributed by atoms with van der Waals surface area (Å²) in [5.41, 5.74) is 2.90. The van der Waals surface area contributed by atoms with Crippen molar-refractivity contribution < 1.29 is 14.3 Å².